The standard InChI is InChI=1S/C23H45NO3/c1-4-5-6-7-8-9-10-11-12-13-14-15-16-17-18-19-21(25)24-22(20(2)3)23(26)27/h20,22H,4-19H2,1-3H3,(H,24,25)(H,26,27). The van der Waals surface area contributed by atoms with E-state index in [0.717, 1.165) is 12.8 Å². The molecule has 0 aromatic heterocycles. The predicted octanol–water partition coefficient (Wildman–Crippen LogP) is 6.47. The average Bonchev–Trinajstić information content (AvgIpc) is 2.62. The van der Waals surface area contributed by atoms with Gasteiger partial charge in [0.25, 0.3) is 0 Å². The highest BCUT2D eigenvalue weighted by Crippen LogP contribution is 2.13. The SMILES string of the molecule is CCCCCCCCCCCCCCCCCC(=O)NC(C(=O)O)C(C)C. The van der Waals surface area contributed by atoms with E-state index in [9.17, 15) is 9.59 Å². The molecule has 0 rings (SSSR count). The molecule has 4 nitrogen and oxygen atoms in total. The highest BCUT2D eigenvalue weighted by atomic mass is 16.4. The van der Waals surface area contributed by atoms with Crippen LogP contribution in [0.3, 0.4) is 0 Å². The van der Waals surface area contributed by atoms with Gasteiger partial charge in [-0.1, -0.05) is 111 Å². The van der Waals surface area contributed by atoms with Crippen LogP contribution in [0.2, 0.25) is 0 Å². The molecule has 27 heavy (non-hydrogen) atoms. The van der Waals surface area contributed by atoms with Crippen LogP contribution in [0, 0.1) is 5.92 Å². The van der Waals surface area contributed by atoms with Crippen molar-refractivity contribution in [3.05, 3.63) is 0 Å². The van der Waals surface area contributed by atoms with Gasteiger partial charge in [0, 0.05) is 6.42 Å². The van der Waals surface area contributed by atoms with Crippen LogP contribution in [-0.4, -0.2) is 23.0 Å². The van der Waals surface area contributed by atoms with Crippen LogP contribution < -0.4 is 5.32 Å². The van der Waals surface area contributed by atoms with Crippen LogP contribution >= 0.6 is 0 Å². The summed E-state index contributed by atoms with van der Waals surface area (Å²) in [6.07, 6.45) is 19.9. The first-order valence-corrected chi connectivity index (χ1v) is 11.5. The summed E-state index contributed by atoms with van der Waals surface area (Å²) in [6.45, 7) is 5.89. The minimum atomic E-state index is -0.949. The number of carboxylic acid groups (broad SMARTS) is 1. The molecular weight excluding hydrogens is 338 g/mol. The van der Waals surface area contributed by atoms with Crippen LogP contribution in [-0.2, 0) is 9.59 Å². The van der Waals surface area contributed by atoms with Gasteiger partial charge in [-0.2, -0.15) is 0 Å². The highest BCUT2D eigenvalue weighted by Gasteiger charge is 2.22. The summed E-state index contributed by atoms with van der Waals surface area (Å²) in [6, 6.07) is -0.770. The third-order valence-corrected chi connectivity index (χ3v) is 5.26. The lowest BCUT2D eigenvalue weighted by Gasteiger charge is -2.17. The Morgan fingerprint density at radius 1 is 0.704 bits per heavy atom. The van der Waals surface area contributed by atoms with Gasteiger partial charge >= 0.3 is 5.97 Å². The molecule has 0 saturated heterocycles. The van der Waals surface area contributed by atoms with Gasteiger partial charge in [-0.25, -0.2) is 4.79 Å². The van der Waals surface area contributed by atoms with Gasteiger partial charge in [-0.05, 0) is 12.3 Å². The fourth-order valence-corrected chi connectivity index (χ4v) is 3.42. The third kappa shape index (κ3) is 16.8. The molecule has 2 N–H and O–H groups in total. The summed E-state index contributed by atoms with van der Waals surface area (Å²) in [4.78, 5) is 22.9. The lowest BCUT2D eigenvalue weighted by atomic mass is 10.0. The second-order valence-electron chi connectivity index (χ2n) is 8.33. The second-order valence-corrected chi connectivity index (χ2v) is 8.33. The van der Waals surface area contributed by atoms with E-state index in [4.69, 9.17) is 5.11 Å². The molecule has 160 valence electrons. The maximum atomic E-state index is 11.8. The number of carbonyl (C=O) groups excluding carboxylic acids is 1. The first-order valence-electron chi connectivity index (χ1n) is 11.5. The zero-order chi connectivity index (χ0) is 20.3. The van der Waals surface area contributed by atoms with E-state index in [2.05, 4.69) is 12.2 Å². The molecule has 0 aromatic carbocycles. The molecule has 0 bridgehead atoms. The Labute approximate surface area is 167 Å². The van der Waals surface area contributed by atoms with Crippen LogP contribution in [0.1, 0.15) is 124 Å². The molecule has 0 fully saturated rings. The van der Waals surface area contributed by atoms with Crippen molar-refractivity contribution >= 4 is 11.9 Å². The van der Waals surface area contributed by atoms with Crippen LogP contribution in [0.25, 0.3) is 0 Å². The molecule has 4 heteroatoms. The van der Waals surface area contributed by atoms with E-state index in [0.29, 0.717) is 6.42 Å². The summed E-state index contributed by atoms with van der Waals surface area (Å²) in [5.41, 5.74) is 0. The Morgan fingerprint density at radius 3 is 1.41 bits per heavy atom. The summed E-state index contributed by atoms with van der Waals surface area (Å²) < 4.78 is 0. The van der Waals surface area contributed by atoms with E-state index >= 15 is 0 Å². The number of hydrogen-bond donors (Lipinski definition) is 2. The Morgan fingerprint density at radius 2 is 1.07 bits per heavy atom. The molecule has 0 aromatic rings. The lowest BCUT2D eigenvalue weighted by molar-refractivity contribution is -0.143. The van der Waals surface area contributed by atoms with Crippen LogP contribution in [0.15, 0.2) is 0 Å². The van der Waals surface area contributed by atoms with Gasteiger partial charge in [-0.3, -0.25) is 4.79 Å². The Bertz CT molecular complexity index is 369. The van der Waals surface area contributed by atoms with Gasteiger partial charge < -0.3 is 10.4 Å². The number of carboxylic acids is 1. The van der Waals surface area contributed by atoms with Gasteiger partial charge in [0.05, 0.1) is 0 Å². The quantitative estimate of drug-likeness (QED) is 0.251. The maximum Gasteiger partial charge on any atom is 0.326 e. The number of carbonyl (C=O) groups is 2. The molecule has 1 amide bonds. The van der Waals surface area contributed by atoms with E-state index in [1.165, 1.54) is 83.5 Å². The molecule has 1 atom stereocenters. The first kappa shape index (κ1) is 25.9. The van der Waals surface area contributed by atoms with Crippen molar-refractivity contribution < 1.29 is 14.7 Å². The molecule has 0 heterocycles. The van der Waals surface area contributed by atoms with E-state index < -0.39 is 12.0 Å². The molecule has 1 unspecified atom stereocenters. The smallest absolute Gasteiger partial charge is 0.326 e. The molecular formula is C23H45NO3. The summed E-state index contributed by atoms with van der Waals surface area (Å²) >= 11 is 0. The minimum absolute atomic E-state index is 0.0903. The number of rotatable bonds is 19. The van der Waals surface area contributed by atoms with Crippen molar-refractivity contribution in [3.8, 4) is 0 Å². The topological polar surface area (TPSA) is 66.4 Å². The van der Waals surface area contributed by atoms with Crippen molar-refractivity contribution in [1.29, 1.82) is 0 Å². The van der Waals surface area contributed by atoms with Crippen molar-refractivity contribution in [2.45, 2.75) is 130 Å². The number of amides is 1. The van der Waals surface area contributed by atoms with Gasteiger partial charge in [0.15, 0.2) is 0 Å². The Kier molecular flexibility index (Phi) is 17.6. The largest absolute Gasteiger partial charge is 0.480 e. The predicted molar refractivity (Wildman–Crippen MR) is 114 cm³/mol. The molecule has 0 aliphatic heterocycles. The van der Waals surface area contributed by atoms with Crippen molar-refractivity contribution in [2.24, 2.45) is 5.92 Å². The zero-order valence-electron chi connectivity index (χ0n) is 18.2. The van der Waals surface area contributed by atoms with E-state index in [1.807, 2.05) is 13.8 Å². The molecule has 0 radical (unpaired) electrons. The molecule has 0 aliphatic rings. The lowest BCUT2D eigenvalue weighted by Crippen LogP contribution is -2.44. The Hall–Kier alpha value is -1.06. The monoisotopic (exact) mass is 383 g/mol. The minimum Gasteiger partial charge on any atom is -0.480 e. The second kappa shape index (κ2) is 18.3. The summed E-state index contributed by atoms with van der Waals surface area (Å²) in [5.74, 6) is -1.17. The van der Waals surface area contributed by atoms with Crippen molar-refractivity contribution in [1.82, 2.24) is 5.32 Å². The van der Waals surface area contributed by atoms with Crippen molar-refractivity contribution in [2.75, 3.05) is 0 Å². The number of unbranched alkanes of at least 4 members (excludes halogenated alkanes) is 14. The van der Waals surface area contributed by atoms with Crippen LogP contribution in [0.4, 0.5) is 0 Å². The summed E-state index contributed by atoms with van der Waals surface area (Å²) in [5, 5.41) is 11.7. The fraction of sp³-hybridized carbons (Fsp3) is 0.913. The van der Waals surface area contributed by atoms with Gasteiger partial charge in [-0.15, -0.1) is 0 Å². The van der Waals surface area contributed by atoms with Gasteiger partial charge in [0.1, 0.15) is 6.04 Å². The van der Waals surface area contributed by atoms with Crippen molar-refractivity contribution in [3.63, 3.8) is 0 Å². The average molecular weight is 384 g/mol. The molecule has 0 spiro atoms. The van der Waals surface area contributed by atoms with E-state index in [-0.39, 0.29) is 11.8 Å². The fourth-order valence-electron chi connectivity index (χ4n) is 3.42. The Balaban J connectivity index is 3.35. The summed E-state index contributed by atoms with van der Waals surface area (Å²) in [7, 11) is 0. The van der Waals surface area contributed by atoms with Crippen LogP contribution in [0.5, 0.6) is 0 Å². The molecule has 0 saturated carbocycles. The highest BCUT2D eigenvalue weighted by molar-refractivity contribution is 5.83. The molecule has 0 aliphatic carbocycles. The van der Waals surface area contributed by atoms with E-state index in [1.54, 1.807) is 0 Å². The normalized spacial score (nSPS) is 12.3. The zero-order valence-corrected chi connectivity index (χ0v) is 18.2. The first-order chi connectivity index (χ1) is 13.0. The number of hydrogen-bond acceptors (Lipinski definition) is 2. The number of aliphatic carboxylic acids is 1. The maximum absolute atomic E-state index is 11.8. The number of nitrogens with one attached hydrogen (secondary N) is 1. The van der Waals surface area contributed by atoms with Gasteiger partial charge in [0.2, 0.25) is 5.91 Å². The third-order valence-electron chi connectivity index (χ3n) is 5.26.